The predicted molar refractivity (Wildman–Crippen MR) is 68.8 cm³/mol. The third-order valence-corrected chi connectivity index (χ3v) is 3.83. The summed E-state index contributed by atoms with van der Waals surface area (Å²) in [6.07, 6.45) is 4.60. The van der Waals surface area contributed by atoms with Gasteiger partial charge in [0, 0.05) is 5.92 Å². The van der Waals surface area contributed by atoms with E-state index in [0.717, 1.165) is 18.4 Å². The summed E-state index contributed by atoms with van der Waals surface area (Å²) < 4.78 is 0. The monoisotopic (exact) mass is 246 g/mol. The maximum absolute atomic E-state index is 11.8. The Morgan fingerprint density at radius 2 is 1.72 bits per heavy atom. The zero-order chi connectivity index (χ0) is 13.1. The fraction of sp³-hybridized carbons (Fsp3) is 0.467. The van der Waals surface area contributed by atoms with E-state index >= 15 is 0 Å². The highest BCUT2D eigenvalue weighted by Crippen LogP contribution is 2.37. The molecule has 3 heteroatoms. The molecular formula is C15H18O3. The van der Waals surface area contributed by atoms with Crippen LogP contribution in [0.4, 0.5) is 0 Å². The molecule has 1 aliphatic rings. The van der Waals surface area contributed by atoms with Crippen LogP contribution in [0.15, 0.2) is 24.3 Å². The van der Waals surface area contributed by atoms with E-state index in [2.05, 4.69) is 0 Å². The molecule has 96 valence electrons. The fourth-order valence-corrected chi connectivity index (χ4v) is 2.96. The van der Waals surface area contributed by atoms with E-state index in [0.29, 0.717) is 5.92 Å². The van der Waals surface area contributed by atoms with E-state index in [1.54, 1.807) is 31.2 Å². The summed E-state index contributed by atoms with van der Waals surface area (Å²) in [5.74, 6) is -0.375. The Hall–Kier alpha value is -1.64. The van der Waals surface area contributed by atoms with Gasteiger partial charge in [0.2, 0.25) is 0 Å². The van der Waals surface area contributed by atoms with E-state index in [1.165, 1.54) is 12.8 Å². The number of hydrogen-bond acceptors (Lipinski definition) is 2. The second-order valence-corrected chi connectivity index (χ2v) is 5.06. The van der Waals surface area contributed by atoms with Gasteiger partial charge in [0.1, 0.15) is 5.78 Å². The van der Waals surface area contributed by atoms with Gasteiger partial charge in [-0.1, -0.05) is 25.0 Å². The van der Waals surface area contributed by atoms with Crippen LogP contribution in [-0.4, -0.2) is 16.9 Å². The molecule has 1 aliphatic carbocycles. The normalized spacial score (nSPS) is 17.6. The first kappa shape index (κ1) is 12.8. The quantitative estimate of drug-likeness (QED) is 0.887. The maximum atomic E-state index is 11.8. The van der Waals surface area contributed by atoms with Crippen LogP contribution in [0.5, 0.6) is 0 Å². The number of carbonyl (C=O) groups excluding carboxylic acids is 1. The second kappa shape index (κ2) is 5.34. The SMILES string of the molecule is CC(=O)C(c1ccc(C(=O)O)cc1)C1CCCC1. The standard InChI is InChI=1S/C15H18O3/c1-10(16)14(11-4-2-3-5-11)12-6-8-13(9-7-12)15(17)18/h6-9,11,14H,2-5H2,1H3,(H,17,18). The molecule has 0 saturated heterocycles. The maximum Gasteiger partial charge on any atom is 0.335 e. The summed E-state index contributed by atoms with van der Waals surface area (Å²) in [4.78, 5) is 22.6. The first-order valence-corrected chi connectivity index (χ1v) is 6.43. The highest BCUT2D eigenvalue weighted by atomic mass is 16.4. The Kier molecular flexibility index (Phi) is 3.80. The molecule has 0 spiro atoms. The molecule has 0 amide bonds. The lowest BCUT2D eigenvalue weighted by Crippen LogP contribution is -2.17. The van der Waals surface area contributed by atoms with Gasteiger partial charge in [0.05, 0.1) is 5.56 Å². The van der Waals surface area contributed by atoms with Crippen molar-refractivity contribution in [1.29, 1.82) is 0 Å². The Labute approximate surface area is 107 Å². The molecule has 1 fully saturated rings. The number of aromatic carboxylic acids is 1. The summed E-state index contributed by atoms with van der Waals surface area (Å²) in [5, 5.41) is 8.87. The summed E-state index contributed by atoms with van der Waals surface area (Å²) in [6, 6.07) is 6.74. The van der Waals surface area contributed by atoms with Crippen LogP contribution < -0.4 is 0 Å². The van der Waals surface area contributed by atoms with Gasteiger partial charge in [0.25, 0.3) is 0 Å². The molecule has 0 aliphatic heterocycles. The minimum atomic E-state index is -0.929. The van der Waals surface area contributed by atoms with E-state index in [1.807, 2.05) is 0 Å². The zero-order valence-corrected chi connectivity index (χ0v) is 10.6. The highest BCUT2D eigenvalue weighted by molar-refractivity contribution is 5.88. The minimum Gasteiger partial charge on any atom is -0.478 e. The molecule has 1 unspecified atom stereocenters. The molecule has 0 aromatic heterocycles. The summed E-state index contributed by atoms with van der Waals surface area (Å²) >= 11 is 0. The molecule has 1 atom stereocenters. The largest absolute Gasteiger partial charge is 0.478 e. The number of Topliss-reactive ketones (excluding diaryl/α,β-unsaturated/α-hetero) is 1. The number of carboxylic acids is 1. The van der Waals surface area contributed by atoms with Gasteiger partial charge in [-0.3, -0.25) is 4.79 Å². The summed E-state index contributed by atoms with van der Waals surface area (Å²) in [7, 11) is 0. The topological polar surface area (TPSA) is 54.4 Å². The molecular weight excluding hydrogens is 228 g/mol. The summed E-state index contributed by atoms with van der Waals surface area (Å²) in [5.41, 5.74) is 1.23. The van der Waals surface area contributed by atoms with Crippen molar-refractivity contribution in [1.82, 2.24) is 0 Å². The lowest BCUT2D eigenvalue weighted by atomic mass is 9.82. The molecule has 1 aromatic carbocycles. The van der Waals surface area contributed by atoms with Crippen LogP contribution in [0.3, 0.4) is 0 Å². The predicted octanol–water partition coefficient (Wildman–Crippen LogP) is 3.25. The Morgan fingerprint density at radius 3 is 2.17 bits per heavy atom. The van der Waals surface area contributed by atoms with Crippen LogP contribution in [0.2, 0.25) is 0 Å². The van der Waals surface area contributed by atoms with Crippen molar-refractivity contribution >= 4 is 11.8 Å². The van der Waals surface area contributed by atoms with Gasteiger partial charge in [0.15, 0.2) is 0 Å². The van der Waals surface area contributed by atoms with Gasteiger partial charge < -0.3 is 5.11 Å². The molecule has 0 bridgehead atoms. The molecule has 0 radical (unpaired) electrons. The third-order valence-electron chi connectivity index (χ3n) is 3.83. The Balaban J connectivity index is 2.25. The van der Waals surface area contributed by atoms with Gasteiger partial charge >= 0.3 is 5.97 Å². The molecule has 2 rings (SSSR count). The van der Waals surface area contributed by atoms with E-state index in [9.17, 15) is 9.59 Å². The first-order valence-electron chi connectivity index (χ1n) is 6.43. The van der Waals surface area contributed by atoms with Crippen LogP contribution in [0, 0.1) is 5.92 Å². The van der Waals surface area contributed by atoms with Gasteiger partial charge in [-0.2, -0.15) is 0 Å². The Bertz CT molecular complexity index is 441. The van der Waals surface area contributed by atoms with Gasteiger partial charge in [-0.05, 0) is 43.4 Å². The molecule has 1 saturated carbocycles. The Morgan fingerprint density at radius 1 is 1.17 bits per heavy atom. The number of hydrogen-bond donors (Lipinski definition) is 1. The lowest BCUT2D eigenvalue weighted by Gasteiger charge is -2.21. The van der Waals surface area contributed by atoms with E-state index in [-0.39, 0.29) is 17.3 Å². The molecule has 1 N–H and O–H groups in total. The van der Waals surface area contributed by atoms with Crippen molar-refractivity contribution in [2.45, 2.75) is 38.5 Å². The van der Waals surface area contributed by atoms with Crippen molar-refractivity contribution in [2.24, 2.45) is 5.92 Å². The van der Waals surface area contributed by atoms with Crippen molar-refractivity contribution in [3.63, 3.8) is 0 Å². The van der Waals surface area contributed by atoms with Crippen molar-refractivity contribution in [3.8, 4) is 0 Å². The van der Waals surface area contributed by atoms with E-state index < -0.39 is 5.97 Å². The van der Waals surface area contributed by atoms with Crippen molar-refractivity contribution in [2.75, 3.05) is 0 Å². The molecule has 18 heavy (non-hydrogen) atoms. The van der Waals surface area contributed by atoms with Crippen LogP contribution >= 0.6 is 0 Å². The molecule has 0 heterocycles. The number of carboxylic acid groups (broad SMARTS) is 1. The van der Waals surface area contributed by atoms with Crippen molar-refractivity contribution in [3.05, 3.63) is 35.4 Å². The minimum absolute atomic E-state index is 0.0599. The van der Waals surface area contributed by atoms with Gasteiger partial charge in [-0.15, -0.1) is 0 Å². The van der Waals surface area contributed by atoms with E-state index in [4.69, 9.17) is 5.11 Å². The highest BCUT2D eigenvalue weighted by Gasteiger charge is 2.29. The molecule has 1 aromatic rings. The van der Waals surface area contributed by atoms with Crippen molar-refractivity contribution < 1.29 is 14.7 Å². The zero-order valence-electron chi connectivity index (χ0n) is 10.6. The first-order chi connectivity index (χ1) is 8.59. The van der Waals surface area contributed by atoms with Crippen LogP contribution in [0.25, 0.3) is 0 Å². The second-order valence-electron chi connectivity index (χ2n) is 5.06. The number of carbonyl (C=O) groups is 2. The number of ketones is 1. The van der Waals surface area contributed by atoms with Gasteiger partial charge in [-0.25, -0.2) is 4.79 Å². The average Bonchev–Trinajstić information content (AvgIpc) is 2.83. The number of rotatable bonds is 4. The van der Waals surface area contributed by atoms with Crippen LogP contribution in [0.1, 0.15) is 54.4 Å². The fourth-order valence-electron chi connectivity index (χ4n) is 2.96. The lowest BCUT2D eigenvalue weighted by molar-refractivity contribution is -0.119. The smallest absolute Gasteiger partial charge is 0.335 e. The number of benzene rings is 1. The molecule has 3 nitrogen and oxygen atoms in total. The third kappa shape index (κ3) is 2.61. The van der Waals surface area contributed by atoms with Crippen LogP contribution in [-0.2, 0) is 4.79 Å². The summed E-state index contributed by atoms with van der Waals surface area (Å²) in [6.45, 7) is 1.63. The average molecular weight is 246 g/mol.